The third-order valence-electron chi connectivity index (χ3n) is 4.71. The second-order valence-corrected chi connectivity index (χ2v) is 6.55. The molecule has 3 nitrogen and oxygen atoms in total. The first-order valence-corrected chi connectivity index (χ1v) is 8.71. The summed E-state index contributed by atoms with van der Waals surface area (Å²) in [6, 6.07) is 21.2. The lowest BCUT2D eigenvalue weighted by atomic mass is 9.97. The van der Waals surface area contributed by atoms with Gasteiger partial charge in [-0.05, 0) is 46.2 Å². The van der Waals surface area contributed by atoms with Crippen LogP contribution >= 0.6 is 0 Å². The summed E-state index contributed by atoms with van der Waals surface area (Å²) in [4.78, 5) is 15.1. The second-order valence-electron chi connectivity index (χ2n) is 6.55. The number of rotatable bonds is 2. The number of aromatic nitrogens is 1. The number of aromatic amines is 1. The molecule has 0 amide bonds. The van der Waals surface area contributed by atoms with Crippen molar-refractivity contribution in [1.82, 2.24) is 4.98 Å². The molecule has 0 atom stereocenters. The molecule has 0 saturated heterocycles. The Kier molecular flexibility index (Phi) is 4.44. The number of halogens is 3. The average molecular weight is 390 g/mol. The van der Waals surface area contributed by atoms with Gasteiger partial charge in [0.25, 0.3) is 5.56 Å². The predicted molar refractivity (Wildman–Crippen MR) is 105 cm³/mol. The molecular weight excluding hydrogens is 377 g/mol. The molecule has 0 aliphatic carbocycles. The summed E-state index contributed by atoms with van der Waals surface area (Å²) in [5.41, 5.74) is -0.286. The Balaban J connectivity index is 1.92. The van der Waals surface area contributed by atoms with E-state index in [4.69, 9.17) is 0 Å². The standard InChI is InChI=1S/C23H13F3N2O/c24-23(25,26)18-7-3-6-16(11-18)19-12-21(28-22(29)20(19)13-27)17-9-8-14-4-1-2-5-15(14)10-17/h1-12H,(H,28,29). The largest absolute Gasteiger partial charge is 0.416 e. The molecule has 1 aromatic heterocycles. The van der Waals surface area contributed by atoms with Gasteiger partial charge in [-0.3, -0.25) is 4.79 Å². The van der Waals surface area contributed by atoms with Gasteiger partial charge in [-0.2, -0.15) is 18.4 Å². The van der Waals surface area contributed by atoms with Crippen LogP contribution in [0.3, 0.4) is 0 Å². The van der Waals surface area contributed by atoms with E-state index in [1.165, 1.54) is 12.1 Å². The number of benzene rings is 3. The minimum atomic E-state index is -4.52. The van der Waals surface area contributed by atoms with Gasteiger partial charge in [0, 0.05) is 11.3 Å². The minimum absolute atomic E-state index is 0.157. The van der Waals surface area contributed by atoms with Crippen molar-refractivity contribution in [2.24, 2.45) is 0 Å². The third-order valence-corrected chi connectivity index (χ3v) is 4.71. The van der Waals surface area contributed by atoms with Crippen LogP contribution < -0.4 is 5.56 Å². The SMILES string of the molecule is N#Cc1c(-c2cccc(C(F)(F)F)c2)cc(-c2ccc3ccccc3c2)[nH]c1=O. The third kappa shape index (κ3) is 3.50. The monoisotopic (exact) mass is 390 g/mol. The maximum absolute atomic E-state index is 13.1. The summed E-state index contributed by atoms with van der Waals surface area (Å²) in [7, 11) is 0. The van der Waals surface area contributed by atoms with E-state index >= 15 is 0 Å². The molecule has 29 heavy (non-hydrogen) atoms. The Labute approximate surface area is 163 Å². The molecule has 0 aliphatic heterocycles. The van der Waals surface area contributed by atoms with Crippen molar-refractivity contribution >= 4 is 10.8 Å². The smallest absolute Gasteiger partial charge is 0.321 e. The van der Waals surface area contributed by atoms with Gasteiger partial charge in [0.2, 0.25) is 0 Å². The highest BCUT2D eigenvalue weighted by Gasteiger charge is 2.30. The van der Waals surface area contributed by atoms with Crippen LogP contribution in [-0.2, 0) is 6.18 Å². The number of pyridine rings is 1. The van der Waals surface area contributed by atoms with E-state index in [1.54, 1.807) is 12.1 Å². The lowest BCUT2D eigenvalue weighted by molar-refractivity contribution is -0.137. The predicted octanol–water partition coefficient (Wildman–Crippen LogP) is 5.75. The summed E-state index contributed by atoms with van der Waals surface area (Å²) < 4.78 is 39.3. The first-order valence-electron chi connectivity index (χ1n) is 8.71. The molecule has 142 valence electrons. The number of fused-ring (bicyclic) bond motifs is 1. The zero-order chi connectivity index (χ0) is 20.6. The fourth-order valence-electron chi connectivity index (χ4n) is 3.27. The number of alkyl halides is 3. The zero-order valence-electron chi connectivity index (χ0n) is 14.9. The number of hydrogen-bond acceptors (Lipinski definition) is 2. The lowest BCUT2D eigenvalue weighted by Gasteiger charge is -2.11. The molecule has 0 radical (unpaired) electrons. The number of nitrogens with one attached hydrogen (secondary N) is 1. The van der Waals surface area contributed by atoms with Crippen LogP contribution in [0, 0.1) is 11.3 Å². The van der Waals surface area contributed by atoms with Crippen molar-refractivity contribution in [2.45, 2.75) is 6.18 Å². The Morgan fingerprint density at radius 2 is 1.59 bits per heavy atom. The number of hydrogen-bond donors (Lipinski definition) is 1. The van der Waals surface area contributed by atoms with Crippen LogP contribution in [0.2, 0.25) is 0 Å². The first kappa shape index (κ1) is 18.5. The summed E-state index contributed by atoms with van der Waals surface area (Å²) in [6.07, 6.45) is -4.52. The fraction of sp³-hybridized carbons (Fsp3) is 0.0435. The summed E-state index contributed by atoms with van der Waals surface area (Å²) in [6.45, 7) is 0. The molecular formula is C23H13F3N2O. The molecule has 1 heterocycles. The summed E-state index contributed by atoms with van der Waals surface area (Å²) >= 11 is 0. The van der Waals surface area contributed by atoms with Crippen LogP contribution in [0.5, 0.6) is 0 Å². The van der Waals surface area contributed by atoms with Crippen LogP contribution in [0.4, 0.5) is 13.2 Å². The van der Waals surface area contributed by atoms with Gasteiger partial charge < -0.3 is 4.98 Å². The van der Waals surface area contributed by atoms with Crippen LogP contribution in [-0.4, -0.2) is 4.98 Å². The molecule has 1 N–H and O–H groups in total. The van der Waals surface area contributed by atoms with Crippen LogP contribution in [0.1, 0.15) is 11.1 Å². The number of nitrogens with zero attached hydrogens (tertiary/aromatic N) is 1. The summed E-state index contributed by atoms with van der Waals surface area (Å²) in [5, 5.41) is 11.4. The minimum Gasteiger partial charge on any atom is -0.321 e. The van der Waals surface area contributed by atoms with Crippen LogP contribution in [0.15, 0.2) is 77.6 Å². The van der Waals surface area contributed by atoms with E-state index in [1.807, 2.05) is 42.5 Å². The summed E-state index contributed by atoms with van der Waals surface area (Å²) in [5.74, 6) is 0. The zero-order valence-corrected chi connectivity index (χ0v) is 14.9. The molecule has 0 aliphatic rings. The number of H-pyrrole nitrogens is 1. The Morgan fingerprint density at radius 1 is 0.828 bits per heavy atom. The Hall–Kier alpha value is -3.85. The average Bonchev–Trinajstić information content (AvgIpc) is 2.72. The normalized spacial score (nSPS) is 11.4. The van der Waals surface area contributed by atoms with Crippen molar-refractivity contribution in [2.75, 3.05) is 0 Å². The first-order chi connectivity index (χ1) is 13.9. The van der Waals surface area contributed by atoms with E-state index in [0.29, 0.717) is 11.3 Å². The van der Waals surface area contributed by atoms with Gasteiger partial charge in [0.15, 0.2) is 0 Å². The van der Waals surface area contributed by atoms with Crippen molar-refractivity contribution in [1.29, 1.82) is 5.26 Å². The van der Waals surface area contributed by atoms with Crippen molar-refractivity contribution in [3.63, 3.8) is 0 Å². The molecule has 4 rings (SSSR count). The van der Waals surface area contributed by atoms with E-state index in [-0.39, 0.29) is 16.7 Å². The van der Waals surface area contributed by atoms with E-state index in [9.17, 15) is 23.2 Å². The fourth-order valence-corrected chi connectivity index (χ4v) is 3.27. The maximum atomic E-state index is 13.1. The van der Waals surface area contributed by atoms with Crippen LogP contribution in [0.25, 0.3) is 33.2 Å². The highest BCUT2D eigenvalue weighted by atomic mass is 19.4. The lowest BCUT2D eigenvalue weighted by Crippen LogP contribution is -2.13. The topological polar surface area (TPSA) is 56.6 Å². The van der Waals surface area contributed by atoms with Gasteiger partial charge in [0.05, 0.1) is 5.56 Å². The quantitative estimate of drug-likeness (QED) is 0.474. The second kappa shape index (κ2) is 6.95. The Morgan fingerprint density at radius 3 is 2.31 bits per heavy atom. The van der Waals surface area contributed by atoms with E-state index in [2.05, 4.69) is 4.98 Å². The molecule has 0 bridgehead atoms. The number of nitriles is 1. The van der Waals surface area contributed by atoms with E-state index in [0.717, 1.165) is 22.9 Å². The van der Waals surface area contributed by atoms with Crippen molar-refractivity contribution in [3.8, 4) is 28.5 Å². The van der Waals surface area contributed by atoms with E-state index < -0.39 is 17.3 Å². The Bertz CT molecular complexity index is 1330. The molecule has 3 aromatic carbocycles. The van der Waals surface area contributed by atoms with Gasteiger partial charge in [-0.1, -0.05) is 48.5 Å². The molecule has 0 saturated carbocycles. The van der Waals surface area contributed by atoms with Crippen molar-refractivity contribution < 1.29 is 13.2 Å². The molecule has 6 heteroatoms. The van der Waals surface area contributed by atoms with Gasteiger partial charge >= 0.3 is 6.18 Å². The molecule has 0 unspecified atom stereocenters. The molecule has 0 spiro atoms. The van der Waals surface area contributed by atoms with Gasteiger partial charge in [0.1, 0.15) is 11.6 Å². The van der Waals surface area contributed by atoms with Gasteiger partial charge in [-0.25, -0.2) is 0 Å². The molecule has 0 fully saturated rings. The van der Waals surface area contributed by atoms with Crippen molar-refractivity contribution in [3.05, 3.63) is 94.3 Å². The molecule has 4 aromatic rings. The maximum Gasteiger partial charge on any atom is 0.416 e. The highest BCUT2D eigenvalue weighted by Crippen LogP contribution is 2.33. The van der Waals surface area contributed by atoms with Gasteiger partial charge in [-0.15, -0.1) is 0 Å². The highest BCUT2D eigenvalue weighted by molar-refractivity contribution is 5.87.